The van der Waals surface area contributed by atoms with Crippen LogP contribution >= 0.6 is 12.6 Å². The van der Waals surface area contributed by atoms with Gasteiger partial charge in [0, 0.05) is 11.5 Å². The zero-order chi connectivity index (χ0) is 29.4. The summed E-state index contributed by atoms with van der Waals surface area (Å²) in [6.45, 7) is 2.25. The molecule has 0 N–H and O–H groups in total. The van der Waals surface area contributed by atoms with Gasteiger partial charge in [0.15, 0.2) is 23.3 Å². The Labute approximate surface area is 237 Å². The second-order valence-electron chi connectivity index (χ2n) is 8.66. The number of carbonyl (C=O) groups is 1. The Hall–Kier alpha value is -2.09. The van der Waals surface area contributed by atoms with E-state index in [0.29, 0.717) is 26.4 Å². The van der Waals surface area contributed by atoms with Crippen molar-refractivity contribution in [2.45, 2.75) is 57.8 Å². The van der Waals surface area contributed by atoms with E-state index in [4.69, 9.17) is 24.5 Å². The van der Waals surface area contributed by atoms with Crippen LogP contribution in [0.15, 0.2) is 5.11 Å². The van der Waals surface area contributed by atoms with Crippen molar-refractivity contribution in [2.24, 2.45) is 5.11 Å². The number of azide groups is 1. The van der Waals surface area contributed by atoms with Crippen molar-refractivity contribution in [1.82, 2.24) is 0 Å². The van der Waals surface area contributed by atoms with Gasteiger partial charge in [-0.25, -0.2) is 22.4 Å². The second-order valence-corrected chi connectivity index (χ2v) is 9.11. The molecule has 1 rings (SSSR count). The van der Waals surface area contributed by atoms with Gasteiger partial charge < -0.3 is 23.7 Å². The summed E-state index contributed by atoms with van der Waals surface area (Å²) in [6.07, 6.45) is 11.2. The van der Waals surface area contributed by atoms with Gasteiger partial charge in [0.05, 0.1) is 46.2 Å². The summed E-state index contributed by atoms with van der Waals surface area (Å²) in [4.78, 5) is 13.9. The molecule has 0 aliphatic rings. The van der Waals surface area contributed by atoms with E-state index in [0.717, 1.165) is 18.8 Å². The molecule has 0 unspecified atom stereocenters. The van der Waals surface area contributed by atoms with Gasteiger partial charge in [-0.1, -0.05) is 50.1 Å². The molecule has 0 aromatic heterocycles. The van der Waals surface area contributed by atoms with Gasteiger partial charge in [0.1, 0.15) is 17.9 Å². The summed E-state index contributed by atoms with van der Waals surface area (Å²) in [6, 6.07) is 0. The normalized spacial score (nSPS) is 11.0. The van der Waals surface area contributed by atoms with Crippen molar-refractivity contribution in [2.75, 3.05) is 65.2 Å². The minimum absolute atomic E-state index is 0.142. The number of hydrogen-bond acceptors (Lipinski definition) is 8. The smallest absolute Gasteiger partial charge is 0.344 e. The highest BCUT2D eigenvalue weighted by molar-refractivity contribution is 7.80. The minimum Gasteiger partial charge on any atom is -0.459 e. The highest BCUT2D eigenvalue weighted by Crippen LogP contribution is 2.30. The highest BCUT2D eigenvalue weighted by Gasteiger charge is 2.29. The number of hydrogen-bond donors (Lipinski definition) is 1. The standard InChI is InChI=1S/C26H39F4N3O6S/c27-21-20(22(28)24(30)25(23(21)29)32-33-31)26(34)39-18-17-38-16-15-37-14-13-36-12-11-35-10-8-6-4-2-1-3-5-7-9-19-40/h40H,1-19H2. The highest BCUT2D eigenvalue weighted by atomic mass is 32.1. The topological polar surface area (TPSA) is 112 Å². The number of esters is 1. The summed E-state index contributed by atoms with van der Waals surface area (Å²) in [5.74, 6) is -8.71. The first-order valence-electron chi connectivity index (χ1n) is 13.5. The lowest BCUT2D eigenvalue weighted by Crippen LogP contribution is -2.17. The SMILES string of the molecule is [N-]=[N+]=Nc1c(F)c(F)c(C(=O)OCCOCCOCCOCCOCCCCCCCCCCCS)c(F)c1F. The molecule has 0 radical (unpaired) electrons. The Morgan fingerprint density at radius 2 is 1.02 bits per heavy atom. The van der Waals surface area contributed by atoms with E-state index in [9.17, 15) is 22.4 Å². The molecule has 0 heterocycles. The number of unbranched alkanes of at least 4 members (excludes halogenated alkanes) is 8. The van der Waals surface area contributed by atoms with Gasteiger partial charge in [0.2, 0.25) is 0 Å². The van der Waals surface area contributed by atoms with Gasteiger partial charge in [0.25, 0.3) is 0 Å². The van der Waals surface area contributed by atoms with Crippen molar-refractivity contribution >= 4 is 24.3 Å². The third-order valence-electron chi connectivity index (χ3n) is 5.61. The summed E-state index contributed by atoms with van der Waals surface area (Å²) in [5, 5.41) is 2.54. The predicted molar refractivity (Wildman–Crippen MR) is 144 cm³/mol. The van der Waals surface area contributed by atoms with Crippen molar-refractivity contribution in [3.05, 3.63) is 39.3 Å². The molecular weight excluding hydrogens is 558 g/mol. The summed E-state index contributed by atoms with van der Waals surface area (Å²) >= 11 is 4.22. The fourth-order valence-corrected chi connectivity index (χ4v) is 3.74. The number of thiol groups is 1. The van der Waals surface area contributed by atoms with Crippen LogP contribution in [-0.4, -0.2) is 71.2 Å². The van der Waals surface area contributed by atoms with Crippen molar-refractivity contribution in [3.63, 3.8) is 0 Å². The second kappa shape index (κ2) is 23.6. The number of rotatable bonds is 25. The average Bonchev–Trinajstić information content (AvgIpc) is 2.94. The Balaban J connectivity index is 1.95. The Morgan fingerprint density at radius 1 is 0.625 bits per heavy atom. The van der Waals surface area contributed by atoms with Crippen molar-refractivity contribution in [1.29, 1.82) is 0 Å². The lowest BCUT2D eigenvalue weighted by atomic mass is 10.1. The van der Waals surface area contributed by atoms with E-state index in [1.165, 1.54) is 51.4 Å². The van der Waals surface area contributed by atoms with Crippen LogP contribution in [0, 0.1) is 23.3 Å². The van der Waals surface area contributed by atoms with E-state index >= 15 is 0 Å². The molecule has 0 aliphatic carbocycles. The largest absolute Gasteiger partial charge is 0.459 e. The van der Waals surface area contributed by atoms with Gasteiger partial charge >= 0.3 is 5.97 Å². The molecule has 0 fully saturated rings. The van der Waals surface area contributed by atoms with Crippen LogP contribution in [0.5, 0.6) is 0 Å². The number of ether oxygens (including phenoxy) is 5. The Kier molecular flexibility index (Phi) is 21.2. The first-order valence-corrected chi connectivity index (χ1v) is 14.1. The lowest BCUT2D eigenvalue weighted by molar-refractivity contribution is -0.00928. The third-order valence-corrected chi connectivity index (χ3v) is 5.93. The van der Waals surface area contributed by atoms with E-state index in [1.807, 2.05) is 0 Å². The first-order chi connectivity index (χ1) is 19.5. The lowest BCUT2D eigenvalue weighted by Gasteiger charge is -2.10. The monoisotopic (exact) mass is 597 g/mol. The molecule has 0 saturated heterocycles. The van der Waals surface area contributed by atoms with Crippen molar-refractivity contribution in [3.8, 4) is 0 Å². The number of halogens is 4. The van der Waals surface area contributed by atoms with Crippen molar-refractivity contribution < 1.29 is 46.0 Å². The molecule has 0 spiro atoms. The van der Waals surface area contributed by atoms with E-state index < -0.39 is 47.1 Å². The summed E-state index contributed by atoms with van der Waals surface area (Å²) in [5.41, 5.74) is 5.14. The number of benzene rings is 1. The Bertz CT molecular complexity index is 881. The first kappa shape index (κ1) is 35.9. The van der Waals surface area contributed by atoms with Gasteiger partial charge in [-0.05, 0) is 24.1 Å². The maximum atomic E-state index is 13.9. The third kappa shape index (κ3) is 15.1. The maximum absolute atomic E-state index is 13.9. The molecular formula is C26H39F4N3O6S. The molecule has 9 nitrogen and oxygen atoms in total. The Morgan fingerprint density at radius 3 is 1.48 bits per heavy atom. The van der Waals surface area contributed by atoms with Gasteiger partial charge in [-0.2, -0.15) is 12.6 Å². The van der Waals surface area contributed by atoms with Crippen LogP contribution < -0.4 is 0 Å². The van der Waals surface area contributed by atoms with E-state index in [2.05, 4.69) is 27.4 Å². The zero-order valence-electron chi connectivity index (χ0n) is 22.7. The van der Waals surface area contributed by atoms with Crippen LogP contribution in [0.4, 0.5) is 23.2 Å². The van der Waals surface area contributed by atoms with Crippen LogP contribution in [-0.2, 0) is 23.7 Å². The molecule has 0 bridgehead atoms. The molecule has 14 heteroatoms. The minimum atomic E-state index is -2.03. The fourth-order valence-electron chi connectivity index (χ4n) is 3.51. The fraction of sp³-hybridized carbons (Fsp3) is 0.731. The molecule has 0 amide bonds. The molecule has 0 saturated carbocycles. The maximum Gasteiger partial charge on any atom is 0.344 e. The van der Waals surface area contributed by atoms with Crippen LogP contribution in [0.3, 0.4) is 0 Å². The van der Waals surface area contributed by atoms with Crippen LogP contribution in [0.25, 0.3) is 10.4 Å². The average molecular weight is 598 g/mol. The van der Waals surface area contributed by atoms with Crippen LogP contribution in [0.1, 0.15) is 68.1 Å². The zero-order valence-corrected chi connectivity index (χ0v) is 23.6. The molecule has 1 aromatic carbocycles. The molecule has 0 atom stereocenters. The van der Waals surface area contributed by atoms with Crippen LogP contribution in [0.2, 0.25) is 0 Å². The molecule has 1 aromatic rings. The van der Waals surface area contributed by atoms with Gasteiger partial charge in [-0.15, -0.1) is 0 Å². The summed E-state index contributed by atoms with van der Waals surface area (Å²) < 4.78 is 81.3. The summed E-state index contributed by atoms with van der Waals surface area (Å²) in [7, 11) is 0. The molecule has 228 valence electrons. The predicted octanol–water partition coefficient (Wildman–Crippen LogP) is 6.85. The number of carbonyl (C=O) groups excluding carboxylic acids is 1. The van der Waals surface area contributed by atoms with E-state index in [-0.39, 0.29) is 19.8 Å². The van der Waals surface area contributed by atoms with Gasteiger partial charge in [-0.3, -0.25) is 0 Å². The molecule has 0 aliphatic heterocycles. The quantitative estimate of drug-likeness (QED) is 0.0193. The molecule has 40 heavy (non-hydrogen) atoms. The number of nitrogens with zero attached hydrogens (tertiary/aromatic N) is 3. The van der Waals surface area contributed by atoms with E-state index in [1.54, 1.807) is 0 Å².